The lowest BCUT2D eigenvalue weighted by Crippen LogP contribution is -2.54. The van der Waals surface area contributed by atoms with Crippen LogP contribution in [0.25, 0.3) is 5.52 Å². The first kappa shape index (κ1) is 24.2. The van der Waals surface area contributed by atoms with Crippen molar-refractivity contribution in [1.82, 2.24) is 4.40 Å². The van der Waals surface area contributed by atoms with Crippen LogP contribution in [-0.2, 0) is 15.0 Å². The lowest BCUT2D eigenvalue weighted by molar-refractivity contribution is -0.155. The molecule has 1 aromatic carbocycles. The van der Waals surface area contributed by atoms with Gasteiger partial charge >= 0.3 is 5.97 Å². The third-order valence-electron chi connectivity index (χ3n) is 6.71. The van der Waals surface area contributed by atoms with Gasteiger partial charge in [0.15, 0.2) is 0 Å². The van der Waals surface area contributed by atoms with Gasteiger partial charge in [-0.05, 0) is 49.4 Å². The Labute approximate surface area is 194 Å². The largest absolute Gasteiger partial charge is 0.497 e. The molecule has 2 aromatic heterocycles. The second-order valence-electron chi connectivity index (χ2n) is 10.1. The number of hydrogen-bond acceptors (Lipinski definition) is 4. The number of benzene rings is 1. The summed E-state index contributed by atoms with van der Waals surface area (Å²) in [5.41, 5.74) is -2.12. The number of aliphatic carboxylic acids is 1. The third kappa shape index (κ3) is 3.84. The molecular weight excluding hydrogens is 418 g/mol. The summed E-state index contributed by atoms with van der Waals surface area (Å²) >= 11 is 0. The minimum absolute atomic E-state index is 0.196. The molecule has 0 aliphatic heterocycles. The summed E-state index contributed by atoms with van der Waals surface area (Å²) in [4.78, 5) is 40.1. The van der Waals surface area contributed by atoms with E-state index in [1.54, 1.807) is 95.6 Å². The van der Waals surface area contributed by atoms with Gasteiger partial charge in [0.05, 0.1) is 12.8 Å². The molecule has 1 unspecified atom stereocenters. The molecular formula is C27H31NO5. The first-order valence-corrected chi connectivity index (χ1v) is 10.8. The summed E-state index contributed by atoms with van der Waals surface area (Å²) in [6.45, 7) is 10.2. The smallest absolute Gasteiger partial charge is 0.314 e. The molecule has 1 atom stereocenters. The molecule has 0 saturated carbocycles. The van der Waals surface area contributed by atoms with Gasteiger partial charge in [0.2, 0.25) is 5.78 Å². The van der Waals surface area contributed by atoms with Gasteiger partial charge in [-0.3, -0.25) is 14.4 Å². The predicted molar refractivity (Wildman–Crippen MR) is 127 cm³/mol. The molecule has 0 saturated heterocycles. The normalized spacial score (nSPS) is 14.0. The highest BCUT2D eigenvalue weighted by atomic mass is 16.5. The molecule has 3 aromatic rings. The Bertz CT molecular complexity index is 1230. The molecule has 0 amide bonds. The van der Waals surface area contributed by atoms with E-state index in [0.29, 0.717) is 22.4 Å². The fourth-order valence-corrected chi connectivity index (χ4v) is 4.50. The zero-order chi connectivity index (χ0) is 24.8. The molecule has 1 N–H and O–H groups in total. The molecule has 3 rings (SSSR count). The van der Waals surface area contributed by atoms with E-state index >= 15 is 0 Å². The van der Waals surface area contributed by atoms with Crippen LogP contribution in [0.15, 0.2) is 54.7 Å². The number of ketones is 2. The van der Waals surface area contributed by atoms with E-state index in [-0.39, 0.29) is 17.3 Å². The highest BCUT2D eigenvalue weighted by Gasteiger charge is 2.57. The van der Waals surface area contributed by atoms with Gasteiger partial charge < -0.3 is 14.2 Å². The molecule has 0 fully saturated rings. The van der Waals surface area contributed by atoms with Crippen molar-refractivity contribution in [3.8, 4) is 5.75 Å². The lowest BCUT2D eigenvalue weighted by atomic mass is 9.57. The van der Waals surface area contributed by atoms with Gasteiger partial charge in [0.1, 0.15) is 16.9 Å². The zero-order valence-corrected chi connectivity index (χ0v) is 20.2. The van der Waals surface area contributed by atoms with Crippen LogP contribution in [0.2, 0.25) is 0 Å². The molecule has 0 spiro atoms. The number of pyridine rings is 1. The number of carbonyl (C=O) groups is 3. The number of carboxylic acid groups (broad SMARTS) is 1. The fraction of sp³-hybridized carbons (Fsp3) is 0.370. The average Bonchev–Trinajstić information content (AvgIpc) is 3.16. The van der Waals surface area contributed by atoms with E-state index in [0.717, 1.165) is 0 Å². The quantitative estimate of drug-likeness (QED) is 0.504. The first-order valence-electron chi connectivity index (χ1n) is 10.8. The molecule has 0 aliphatic carbocycles. The Morgan fingerprint density at radius 2 is 1.52 bits per heavy atom. The van der Waals surface area contributed by atoms with Gasteiger partial charge in [-0.15, -0.1) is 0 Å². The fourth-order valence-electron chi connectivity index (χ4n) is 4.50. The Hall–Kier alpha value is -3.41. The standard InChI is InChI=1S/C27H31NO5/c1-25(2,3)23(30)26(4,5)27(6,24(31)32)20-16-18-10-8-9-15-28(18)21(20)22(29)17-11-13-19(33-7)14-12-17/h8-16H,1-7H3,(H,31,32). The molecule has 0 bridgehead atoms. The van der Waals surface area contributed by atoms with Crippen molar-refractivity contribution in [2.75, 3.05) is 7.11 Å². The van der Waals surface area contributed by atoms with Crippen LogP contribution >= 0.6 is 0 Å². The maximum absolute atomic E-state index is 13.8. The van der Waals surface area contributed by atoms with Crippen LogP contribution in [0.4, 0.5) is 0 Å². The van der Waals surface area contributed by atoms with E-state index in [4.69, 9.17) is 4.74 Å². The van der Waals surface area contributed by atoms with Gasteiger partial charge in [0.25, 0.3) is 0 Å². The van der Waals surface area contributed by atoms with Gasteiger partial charge in [-0.1, -0.05) is 40.7 Å². The summed E-state index contributed by atoms with van der Waals surface area (Å²) in [5.74, 6) is -1.08. The maximum atomic E-state index is 13.8. The second kappa shape index (κ2) is 8.18. The summed E-state index contributed by atoms with van der Waals surface area (Å²) in [5, 5.41) is 10.5. The molecule has 6 heteroatoms. The van der Waals surface area contributed by atoms with Crippen molar-refractivity contribution >= 4 is 23.1 Å². The second-order valence-corrected chi connectivity index (χ2v) is 10.1. The zero-order valence-electron chi connectivity index (χ0n) is 20.2. The minimum atomic E-state index is -1.67. The molecule has 174 valence electrons. The summed E-state index contributed by atoms with van der Waals surface area (Å²) in [6, 6.07) is 13.8. The number of carbonyl (C=O) groups excluding carboxylic acids is 2. The van der Waals surface area contributed by atoms with Crippen molar-refractivity contribution in [2.45, 2.75) is 47.0 Å². The average molecular weight is 450 g/mol. The molecule has 2 heterocycles. The third-order valence-corrected chi connectivity index (χ3v) is 6.71. The van der Waals surface area contributed by atoms with Gasteiger partial charge in [0, 0.05) is 33.7 Å². The van der Waals surface area contributed by atoms with Crippen LogP contribution in [-0.4, -0.2) is 34.2 Å². The van der Waals surface area contributed by atoms with E-state index in [2.05, 4.69) is 0 Å². The molecule has 6 nitrogen and oxygen atoms in total. The van der Waals surface area contributed by atoms with E-state index < -0.39 is 22.2 Å². The Balaban J connectivity index is 2.34. The minimum Gasteiger partial charge on any atom is -0.497 e. The summed E-state index contributed by atoms with van der Waals surface area (Å²) in [7, 11) is 1.54. The number of hydrogen-bond donors (Lipinski definition) is 1. The maximum Gasteiger partial charge on any atom is 0.314 e. The van der Waals surface area contributed by atoms with Crippen molar-refractivity contribution < 1.29 is 24.2 Å². The van der Waals surface area contributed by atoms with E-state index in [1.807, 2.05) is 12.1 Å². The lowest BCUT2D eigenvalue weighted by Gasteiger charge is -2.43. The number of carboxylic acids is 1. The number of methoxy groups -OCH3 is 1. The van der Waals surface area contributed by atoms with Crippen LogP contribution in [0.5, 0.6) is 5.75 Å². The number of Topliss-reactive ketones (excluding diaryl/α,β-unsaturated/α-hetero) is 1. The molecule has 33 heavy (non-hydrogen) atoms. The highest BCUT2D eigenvalue weighted by molar-refractivity contribution is 6.11. The van der Waals surface area contributed by atoms with E-state index in [9.17, 15) is 19.5 Å². The Kier molecular flexibility index (Phi) is 6.01. The van der Waals surface area contributed by atoms with Crippen LogP contribution < -0.4 is 4.74 Å². The number of rotatable bonds is 7. The number of fused-ring (bicyclic) bond motifs is 1. The highest BCUT2D eigenvalue weighted by Crippen LogP contribution is 2.48. The predicted octanol–water partition coefficient (Wildman–Crippen LogP) is 5.16. The van der Waals surface area contributed by atoms with Crippen molar-refractivity contribution in [2.24, 2.45) is 10.8 Å². The van der Waals surface area contributed by atoms with Crippen LogP contribution in [0.1, 0.15) is 63.2 Å². The number of nitrogens with zero attached hydrogens (tertiary/aromatic N) is 1. The molecule has 0 aliphatic rings. The van der Waals surface area contributed by atoms with Crippen molar-refractivity contribution in [1.29, 1.82) is 0 Å². The van der Waals surface area contributed by atoms with Crippen molar-refractivity contribution in [3.05, 3.63) is 71.5 Å². The Morgan fingerprint density at radius 3 is 2.03 bits per heavy atom. The summed E-state index contributed by atoms with van der Waals surface area (Å²) in [6.07, 6.45) is 1.73. The SMILES string of the molecule is COc1ccc(C(=O)c2c(C(C)(C(=O)O)C(C)(C)C(=O)C(C)(C)C)cc3ccccn23)cc1. The Morgan fingerprint density at radius 1 is 0.909 bits per heavy atom. The van der Waals surface area contributed by atoms with Crippen molar-refractivity contribution in [3.63, 3.8) is 0 Å². The summed E-state index contributed by atoms with van der Waals surface area (Å²) < 4.78 is 6.89. The molecule has 0 radical (unpaired) electrons. The van der Waals surface area contributed by atoms with Crippen LogP contribution in [0.3, 0.4) is 0 Å². The number of aromatic nitrogens is 1. The van der Waals surface area contributed by atoms with E-state index in [1.165, 1.54) is 0 Å². The monoisotopic (exact) mass is 449 g/mol. The van der Waals surface area contributed by atoms with Crippen LogP contribution in [0, 0.1) is 10.8 Å². The number of ether oxygens (including phenoxy) is 1. The topological polar surface area (TPSA) is 85.1 Å². The van der Waals surface area contributed by atoms with Gasteiger partial charge in [-0.25, -0.2) is 0 Å². The van der Waals surface area contributed by atoms with Gasteiger partial charge in [-0.2, -0.15) is 0 Å². The first-order chi connectivity index (χ1) is 15.3.